The predicted molar refractivity (Wildman–Crippen MR) is 48.7 cm³/mol. The van der Waals surface area contributed by atoms with Gasteiger partial charge in [0.2, 0.25) is 0 Å². The van der Waals surface area contributed by atoms with Crippen molar-refractivity contribution in [3.05, 3.63) is 34.1 Å². The number of benzene rings is 1. The molecule has 0 amide bonds. The van der Waals surface area contributed by atoms with E-state index in [9.17, 15) is 13.2 Å². The summed E-state index contributed by atoms with van der Waals surface area (Å²) in [7, 11) is 0. The van der Waals surface area contributed by atoms with E-state index in [4.69, 9.17) is 17.3 Å². The molecule has 1 nitrogen and oxygen atoms in total. The van der Waals surface area contributed by atoms with E-state index in [1.807, 2.05) is 0 Å². The molecule has 0 aliphatic carbocycles. The molecule has 1 aromatic carbocycles. The molecule has 14 heavy (non-hydrogen) atoms. The quantitative estimate of drug-likeness (QED) is 0.784. The summed E-state index contributed by atoms with van der Waals surface area (Å²) in [5.41, 5.74) is 4.85. The lowest BCUT2D eigenvalue weighted by molar-refractivity contribution is 0.478. The van der Waals surface area contributed by atoms with Gasteiger partial charge >= 0.3 is 0 Å². The zero-order valence-electron chi connectivity index (χ0n) is 7.29. The van der Waals surface area contributed by atoms with E-state index in [0.717, 1.165) is 0 Å². The van der Waals surface area contributed by atoms with Crippen molar-refractivity contribution in [2.75, 3.05) is 6.54 Å². The molecule has 0 atom stereocenters. The van der Waals surface area contributed by atoms with Crippen molar-refractivity contribution in [1.82, 2.24) is 0 Å². The summed E-state index contributed by atoms with van der Waals surface area (Å²) in [5, 5.41) is -0.407. The van der Waals surface area contributed by atoms with Crippen LogP contribution < -0.4 is 5.73 Å². The van der Waals surface area contributed by atoms with E-state index in [1.54, 1.807) is 0 Å². The number of hydrogen-bond acceptors (Lipinski definition) is 1. The minimum Gasteiger partial charge on any atom is -0.330 e. The Bertz CT molecular complexity index is 315. The van der Waals surface area contributed by atoms with Crippen LogP contribution in [-0.2, 0) is 6.42 Å². The second-order valence-corrected chi connectivity index (χ2v) is 3.25. The second-order valence-electron chi connectivity index (χ2n) is 2.84. The Morgan fingerprint density at radius 3 is 2.43 bits per heavy atom. The van der Waals surface area contributed by atoms with Crippen LogP contribution in [0.1, 0.15) is 12.0 Å². The maximum absolute atomic E-state index is 13.2. The molecule has 5 heteroatoms. The number of rotatable bonds is 3. The molecular weight excluding hydrogens is 215 g/mol. The summed E-state index contributed by atoms with van der Waals surface area (Å²) in [5.74, 6) is -3.22. The average molecular weight is 224 g/mol. The molecule has 0 aliphatic rings. The molecule has 0 radical (unpaired) electrons. The Morgan fingerprint density at radius 1 is 1.21 bits per heavy atom. The van der Waals surface area contributed by atoms with Crippen molar-refractivity contribution in [2.24, 2.45) is 5.73 Å². The van der Waals surface area contributed by atoms with Crippen LogP contribution in [0.3, 0.4) is 0 Å². The molecule has 0 bridgehead atoms. The fraction of sp³-hybridized carbons (Fsp3) is 0.333. The van der Waals surface area contributed by atoms with Crippen molar-refractivity contribution in [1.29, 1.82) is 0 Å². The fourth-order valence-corrected chi connectivity index (χ4v) is 1.33. The molecule has 0 unspecified atom stereocenters. The summed E-state index contributed by atoms with van der Waals surface area (Å²) in [6.45, 7) is 0.285. The van der Waals surface area contributed by atoms with E-state index >= 15 is 0 Å². The smallest absolute Gasteiger partial charge is 0.165 e. The van der Waals surface area contributed by atoms with Gasteiger partial charge in [0, 0.05) is 5.56 Å². The molecule has 0 spiro atoms. The van der Waals surface area contributed by atoms with Gasteiger partial charge in [-0.05, 0) is 25.5 Å². The summed E-state index contributed by atoms with van der Waals surface area (Å²) in [6, 6.07) is 0.623. The van der Waals surface area contributed by atoms with E-state index in [1.165, 1.54) is 0 Å². The third-order valence-electron chi connectivity index (χ3n) is 1.83. The van der Waals surface area contributed by atoms with Crippen LogP contribution in [0.4, 0.5) is 13.2 Å². The molecule has 1 rings (SSSR count). The molecule has 2 N–H and O–H groups in total. The molecule has 1 aromatic rings. The molecule has 0 aliphatic heterocycles. The standard InChI is InChI=1S/C9H9ClF3N/c10-6-4-7(11)9(13)5(8(6)12)2-1-3-14/h4H,1-3,14H2. The Hall–Kier alpha value is -0.740. The average Bonchev–Trinajstić information content (AvgIpc) is 2.15. The van der Waals surface area contributed by atoms with Crippen LogP contribution in [0, 0.1) is 17.5 Å². The first-order chi connectivity index (χ1) is 6.57. The number of nitrogens with two attached hydrogens (primary N) is 1. The minimum absolute atomic E-state index is 0.0473. The van der Waals surface area contributed by atoms with Crippen molar-refractivity contribution >= 4 is 11.6 Å². The van der Waals surface area contributed by atoms with Crippen LogP contribution in [0.15, 0.2) is 6.07 Å². The molecule has 0 heterocycles. The van der Waals surface area contributed by atoms with Gasteiger partial charge in [-0.25, -0.2) is 13.2 Å². The van der Waals surface area contributed by atoms with Gasteiger partial charge in [0.15, 0.2) is 11.6 Å². The molecule has 0 fully saturated rings. The zero-order valence-corrected chi connectivity index (χ0v) is 8.04. The van der Waals surface area contributed by atoms with Gasteiger partial charge in [-0.15, -0.1) is 0 Å². The highest BCUT2D eigenvalue weighted by Crippen LogP contribution is 2.24. The van der Waals surface area contributed by atoms with Crippen LogP contribution >= 0.6 is 11.6 Å². The zero-order chi connectivity index (χ0) is 10.7. The first-order valence-electron chi connectivity index (χ1n) is 4.10. The van der Waals surface area contributed by atoms with E-state index in [2.05, 4.69) is 0 Å². The van der Waals surface area contributed by atoms with Crippen LogP contribution in [0.5, 0.6) is 0 Å². The van der Waals surface area contributed by atoms with Gasteiger partial charge in [0.25, 0.3) is 0 Å². The highest BCUT2D eigenvalue weighted by Gasteiger charge is 2.16. The largest absolute Gasteiger partial charge is 0.330 e. The third kappa shape index (κ3) is 2.19. The van der Waals surface area contributed by atoms with E-state index in [0.29, 0.717) is 12.5 Å². The van der Waals surface area contributed by atoms with Crippen molar-refractivity contribution in [2.45, 2.75) is 12.8 Å². The summed E-state index contributed by atoms with van der Waals surface area (Å²) in [4.78, 5) is 0. The second kappa shape index (κ2) is 4.66. The third-order valence-corrected chi connectivity index (χ3v) is 2.11. The van der Waals surface area contributed by atoms with Crippen LogP contribution in [0.25, 0.3) is 0 Å². The Balaban J connectivity index is 3.11. The highest BCUT2D eigenvalue weighted by atomic mass is 35.5. The predicted octanol–water partition coefficient (Wildman–Crippen LogP) is 2.65. The maximum Gasteiger partial charge on any atom is 0.165 e. The SMILES string of the molecule is NCCCc1c(F)c(F)cc(Cl)c1F. The first-order valence-corrected chi connectivity index (χ1v) is 4.47. The summed E-state index contributed by atoms with van der Waals surface area (Å²) in [6.07, 6.45) is 0.430. The molecule has 0 saturated carbocycles. The van der Waals surface area contributed by atoms with Gasteiger partial charge in [0.05, 0.1) is 5.02 Å². The summed E-state index contributed by atoms with van der Waals surface area (Å²) >= 11 is 5.36. The topological polar surface area (TPSA) is 26.0 Å². The lowest BCUT2D eigenvalue weighted by Gasteiger charge is -2.06. The van der Waals surface area contributed by atoms with E-state index < -0.39 is 22.5 Å². The molecule has 0 aromatic heterocycles. The van der Waals surface area contributed by atoms with Crippen molar-refractivity contribution in [3.63, 3.8) is 0 Å². The van der Waals surface area contributed by atoms with Crippen LogP contribution in [-0.4, -0.2) is 6.54 Å². The maximum atomic E-state index is 13.2. The lowest BCUT2D eigenvalue weighted by Crippen LogP contribution is -2.05. The van der Waals surface area contributed by atoms with Gasteiger partial charge < -0.3 is 5.73 Å². The molecule has 78 valence electrons. The van der Waals surface area contributed by atoms with E-state index in [-0.39, 0.29) is 18.5 Å². The first kappa shape index (κ1) is 11.3. The molecular formula is C9H9ClF3N. The minimum atomic E-state index is -1.18. The summed E-state index contributed by atoms with van der Waals surface area (Å²) < 4.78 is 39.0. The lowest BCUT2D eigenvalue weighted by atomic mass is 10.1. The Morgan fingerprint density at radius 2 is 1.86 bits per heavy atom. The van der Waals surface area contributed by atoms with Crippen molar-refractivity contribution in [3.8, 4) is 0 Å². The van der Waals surface area contributed by atoms with Gasteiger partial charge in [-0.3, -0.25) is 0 Å². The highest BCUT2D eigenvalue weighted by molar-refractivity contribution is 6.30. The Kier molecular flexibility index (Phi) is 3.77. The van der Waals surface area contributed by atoms with Gasteiger partial charge in [-0.2, -0.15) is 0 Å². The fourth-order valence-electron chi connectivity index (χ4n) is 1.12. The van der Waals surface area contributed by atoms with Crippen molar-refractivity contribution < 1.29 is 13.2 Å². The number of hydrogen-bond donors (Lipinski definition) is 1. The van der Waals surface area contributed by atoms with Crippen LogP contribution in [0.2, 0.25) is 5.02 Å². The number of halogens is 4. The van der Waals surface area contributed by atoms with Gasteiger partial charge in [-0.1, -0.05) is 11.6 Å². The Labute approximate surface area is 84.7 Å². The normalized spacial score (nSPS) is 10.6. The molecule has 0 saturated heterocycles. The van der Waals surface area contributed by atoms with Gasteiger partial charge in [0.1, 0.15) is 5.82 Å². The monoisotopic (exact) mass is 223 g/mol.